The fourth-order valence-electron chi connectivity index (χ4n) is 3.79. The van der Waals surface area contributed by atoms with Crippen LogP contribution in [0.3, 0.4) is 0 Å². The monoisotopic (exact) mass is 525 g/mol. The van der Waals surface area contributed by atoms with E-state index in [2.05, 4.69) is 5.32 Å². The molecule has 33 heavy (non-hydrogen) atoms. The number of halogens is 2. The van der Waals surface area contributed by atoms with Crippen LogP contribution in [0.25, 0.3) is 0 Å². The highest BCUT2D eigenvalue weighted by Gasteiger charge is 2.57. The van der Waals surface area contributed by atoms with Gasteiger partial charge in [0.25, 0.3) is 11.8 Å². The molecule has 3 heterocycles. The molecular weight excluding hydrogens is 509 g/mol. The second-order valence-electron chi connectivity index (χ2n) is 7.23. The first kappa shape index (κ1) is 23.6. The predicted octanol–water partition coefficient (Wildman–Crippen LogP) is 3.46. The van der Waals surface area contributed by atoms with Gasteiger partial charge in [0.15, 0.2) is 0 Å². The van der Waals surface area contributed by atoms with E-state index in [1.54, 1.807) is 23.6 Å². The van der Waals surface area contributed by atoms with Crippen molar-refractivity contribution in [1.29, 1.82) is 0 Å². The molecule has 2 aromatic rings. The molecule has 0 aliphatic carbocycles. The molecule has 0 bridgehead atoms. The summed E-state index contributed by atoms with van der Waals surface area (Å²) in [5.74, 6) is -2.35. The molecule has 1 aromatic heterocycles. The highest BCUT2D eigenvalue weighted by atomic mass is 35.5. The van der Waals surface area contributed by atoms with Gasteiger partial charge in [-0.2, -0.15) is 0 Å². The summed E-state index contributed by atoms with van der Waals surface area (Å²) in [6.07, 6.45) is 0. The average Bonchev–Trinajstić information content (AvgIpc) is 3.28. The Kier molecular flexibility index (Phi) is 6.71. The molecule has 1 saturated heterocycles. The standard InChI is InChI=1S/C21H17Cl2N3O5S2/c1-10(27)25(14-6-3-7-32-14)17-19(29)26-16(21(30)31)11(9-33-20(17)26)8-24-18(28)15-12(22)4-2-5-13(15)23/h2-7,17,20H,8-9H2,1H3,(H,24,28)(H,30,31)/t17?,20-/m0/s1. The number of nitrogens with one attached hydrogen (secondary N) is 1. The predicted molar refractivity (Wildman–Crippen MR) is 128 cm³/mol. The summed E-state index contributed by atoms with van der Waals surface area (Å²) in [7, 11) is 0. The molecule has 4 rings (SSSR count). The second kappa shape index (κ2) is 9.38. The van der Waals surface area contributed by atoms with E-state index in [1.165, 1.54) is 52.0 Å². The minimum absolute atomic E-state index is 0.0905. The smallest absolute Gasteiger partial charge is 0.352 e. The molecule has 2 atom stereocenters. The van der Waals surface area contributed by atoms with Gasteiger partial charge in [0.1, 0.15) is 17.1 Å². The minimum Gasteiger partial charge on any atom is -0.477 e. The van der Waals surface area contributed by atoms with Crippen molar-refractivity contribution in [3.8, 4) is 0 Å². The van der Waals surface area contributed by atoms with Crippen LogP contribution in [0, 0.1) is 0 Å². The summed E-state index contributed by atoms with van der Waals surface area (Å²) in [4.78, 5) is 52.6. The number of amides is 3. The Morgan fingerprint density at radius 3 is 2.48 bits per heavy atom. The van der Waals surface area contributed by atoms with Crippen LogP contribution in [0.4, 0.5) is 5.00 Å². The molecule has 1 aromatic carbocycles. The van der Waals surface area contributed by atoms with Crippen molar-refractivity contribution in [3.05, 3.63) is 62.6 Å². The fraction of sp³-hybridized carbons (Fsp3) is 0.238. The number of benzene rings is 1. The Labute approximate surface area is 207 Å². The second-order valence-corrected chi connectivity index (χ2v) is 10.1. The number of rotatable bonds is 6. The summed E-state index contributed by atoms with van der Waals surface area (Å²) >= 11 is 14.8. The molecule has 1 fully saturated rings. The number of carboxylic acids is 1. The number of carbonyl (C=O) groups excluding carboxylic acids is 3. The average molecular weight is 526 g/mol. The van der Waals surface area contributed by atoms with Crippen LogP contribution in [0.1, 0.15) is 17.3 Å². The van der Waals surface area contributed by atoms with Crippen molar-refractivity contribution < 1.29 is 24.3 Å². The minimum atomic E-state index is -1.28. The lowest BCUT2D eigenvalue weighted by Crippen LogP contribution is -2.71. The molecule has 1 unspecified atom stereocenters. The molecule has 172 valence electrons. The zero-order chi connectivity index (χ0) is 23.9. The van der Waals surface area contributed by atoms with Crippen LogP contribution in [-0.2, 0) is 14.4 Å². The SMILES string of the molecule is CC(=O)N(c1cccs1)C1C(=O)N2C(C(=O)O)=C(CNC(=O)c3c(Cl)cccc3Cl)CS[C@@H]12. The van der Waals surface area contributed by atoms with Gasteiger partial charge in [0.2, 0.25) is 5.91 Å². The zero-order valence-electron chi connectivity index (χ0n) is 17.1. The number of thiophene rings is 1. The van der Waals surface area contributed by atoms with Crippen molar-refractivity contribution in [3.63, 3.8) is 0 Å². The summed E-state index contributed by atoms with van der Waals surface area (Å²) < 4.78 is 0. The lowest BCUT2D eigenvalue weighted by molar-refractivity contribution is -0.149. The number of β-lactam (4-membered cyclic amide) rings is 1. The summed E-state index contributed by atoms with van der Waals surface area (Å²) in [6.45, 7) is 1.27. The van der Waals surface area contributed by atoms with Crippen LogP contribution >= 0.6 is 46.3 Å². The quantitative estimate of drug-likeness (QED) is 0.559. The van der Waals surface area contributed by atoms with E-state index in [0.717, 1.165) is 0 Å². The van der Waals surface area contributed by atoms with Crippen molar-refractivity contribution in [2.45, 2.75) is 18.3 Å². The van der Waals surface area contributed by atoms with Gasteiger partial charge < -0.3 is 10.4 Å². The van der Waals surface area contributed by atoms with Gasteiger partial charge in [-0.1, -0.05) is 29.3 Å². The Morgan fingerprint density at radius 2 is 1.91 bits per heavy atom. The normalized spacial score (nSPS) is 19.6. The molecule has 0 spiro atoms. The number of anilines is 1. The van der Waals surface area contributed by atoms with Crippen LogP contribution < -0.4 is 10.2 Å². The zero-order valence-corrected chi connectivity index (χ0v) is 20.2. The largest absolute Gasteiger partial charge is 0.477 e. The van der Waals surface area contributed by atoms with Crippen LogP contribution in [0.15, 0.2) is 47.0 Å². The van der Waals surface area contributed by atoms with Crippen molar-refractivity contribution in [1.82, 2.24) is 10.2 Å². The van der Waals surface area contributed by atoms with Crippen LogP contribution in [0.2, 0.25) is 10.0 Å². The van der Waals surface area contributed by atoms with Gasteiger partial charge in [0.05, 0.1) is 20.6 Å². The maximum atomic E-state index is 13.1. The number of aliphatic carboxylic acids is 1. The molecule has 0 radical (unpaired) electrons. The third kappa shape index (κ3) is 4.23. The fourth-order valence-corrected chi connectivity index (χ4v) is 6.56. The first-order valence-electron chi connectivity index (χ1n) is 9.68. The molecule has 0 saturated carbocycles. The summed E-state index contributed by atoms with van der Waals surface area (Å²) in [6, 6.07) is 7.39. The van der Waals surface area contributed by atoms with Gasteiger partial charge in [0, 0.05) is 19.2 Å². The number of thioether (sulfide) groups is 1. The number of hydrogen-bond donors (Lipinski definition) is 2. The van der Waals surface area contributed by atoms with E-state index < -0.39 is 29.2 Å². The van der Waals surface area contributed by atoms with Gasteiger partial charge >= 0.3 is 5.97 Å². The van der Waals surface area contributed by atoms with E-state index in [0.29, 0.717) is 10.6 Å². The Hall–Kier alpha value is -2.53. The Bertz CT molecular complexity index is 1160. The Morgan fingerprint density at radius 1 is 1.21 bits per heavy atom. The molecule has 2 N–H and O–H groups in total. The van der Waals surface area contributed by atoms with Gasteiger partial charge in [-0.25, -0.2) is 4.79 Å². The molecule has 2 aliphatic heterocycles. The van der Waals surface area contributed by atoms with Gasteiger partial charge in [-0.15, -0.1) is 23.1 Å². The number of carboxylic acid groups (broad SMARTS) is 1. The highest BCUT2D eigenvalue weighted by Crippen LogP contribution is 2.44. The number of hydrogen-bond acceptors (Lipinski definition) is 6. The van der Waals surface area contributed by atoms with E-state index in [9.17, 15) is 24.3 Å². The topological polar surface area (TPSA) is 107 Å². The van der Waals surface area contributed by atoms with E-state index >= 15 is 0 Å². The van der Waals surface area contributed by atoms with E-state index in [4.69, 9.17) is 23.2 Å². The molecular formula is C21H17Cl2N3O5S2. The van der Waals surface area contributed by atoms with Crippen molar-refractivity contribution in [2.24, 2.45) is 0 Å². The van der Waals surface area contributed by atoms with E-state index in [1.807, 2.05) is 0 Å². The molecule has 2 aliphatic rings. The highest BCUT2D eigenvalue weighted by molar-refractivity contribution is 8.00. The van der Waals surface area contributed by atoms with Crippen LogP contribution in [0.5, 0.6) is 0 Å². The van der Waals surface area contributed by atoms with E-state index in [-0.39, 0.29) is 39.5 Å². The van der Waals surface area contributed by atoms with Gasteiger partial charge in [-0.3, -0.25) is 24.2 Å². The first-order valence-corrected chi connectivity index (χ1v) is 12.4. The third-order valence-electron chi connectivity index (χ3n) is 5.23. The summed E-state index contributed by atoms with van der Waals surface area (Å²) in [5.41, 5.74) is 0.283. The lowest BCUT2D eigenvalue weighted by atomic mass is 10.0. The lowest BCUT2D eigenvalue weighted by Gasteiger charge is -2.52. The molecule has 12 heteroatoms. The maximum Gasteiger partial charge on any atom is 0.352 e. The third-order valence-corrected chi connectivity index (χ3v) is 8.06. The number of carbonyl (C=O) groups is 4. The van der Waals surface area contributed by atoms with Gasteiger partial charge in [-0.05, 0) is 35.2 Å². The van der Waals surface area contributed by atoms with Crippen molar-refractivity contribution >= 4 is 75.0 Å². The summed E-state index contributed by atoms with van der Waals surface area (Å²) in [5, 5.41) is 14.7. The first-order chi connectivity index (χ1) is 15.7. The number of fused-ring (bicyclic) bond motifs is 1. The molecule has 3 amide bonds. The number of nitrogens with zero attached hydrogens (tertiary/aromatic N) is 2. The Balaban J connectivity index is 1.57. The van der Waals surface area contributed by atoms with Crippen LogP contribution in [-0.4, -0.2) is 57.4 Å². The maximum absolute atomic E-state index is 13.1. The molecule has 8 nitrogen and oxygen atoms in total. The van der Waals surface area contributed by atoms with Crippen molar-refractivity contribution in [2.75, 3.05) is 17.2 Å².